The van der Waals surface area contributed by atoms with E-state index < -0.39 is 60.0 Å². The zero-order chi connectivity index (χ0) is 43.6. The number of ether oxygens (including phenoxy) is 3. The van der Waals surface area contributed by atoms with Crippen molar-refractivity contribution in [1.29, 1.82) is 0 Å². The molecule has 5 heterocycles. The molecule has 4 aliphatic carbocycles. The van der Waals surface area contributed by atoms with Crippen molar-refractivity contribution >= 4 is 11.8 Å². The van der Waals surface area contributed by atoms with E-state index in [-0.39, 0.29) is 91.1 Å². The Morgan fingerprint density at radius 2 is 1.68 bits per heavy atom. The van der Waals surface area contributed by atoms with Crippen molar-refractivity contribution in [3.63, 3.8) is 0 Å². The highest BCUT2D eigenvalue weighted by molar-refractivity contribution is 5.88. The van der Waals surface area contributed by atoms with Gasteiger partial charge in [0.05, 0.1) is 69.3 Å². The molecule has 23 atom stereocenters. The molecule has 0 aromatic rings. The van der Waals surface area contributed by atoms with Gasteiger partial charge >= 0.3 is 5.97 Å². The molecule has 0 radical (unpaired) electrons. The first-order valence-electron chi connectivity index (χ1n) is 25.1. The van der Waals surface area contributed by atoms with E-state index in [4.69, 9.17) is 25.7 Å². The van der Waals surface area contributed by atoms with E-state index in [1.165, 1.54) is 0 Å². The first-order chi connectivity index (χ1) is 29.9. The van der Waals surface area contributed by atoms with Crippen LogP contribution in [0.3, 0.4) is 0 Å². The van der Waals surface area contributed by atoms with Gasteiger partial charge in [-0.2, -0.15) is 0 Å². The Morgan fingerprint density at radius 3 is 2.44 bits per heavy atom. The molecule has 9 fully saturated rings. The highest BCUT2D eigenvalue weighted by atomic mass is 16.6. The molecule has 9 aliphatic rings. The number of esters is 1. The summed E-state index contributed by atoms with van der Waals surface area (Å²) in [4.78, 5) is 29.0. The lowest BCUT2D eigenvalue weighted by Gasteiger charge is -2.64. The summed E-state index contributed by atoms with van der Waals surface area (Å²) in [5.74, 6) is -1.09. The minimum absolute atomic E-state index is 0.00974. The lowest BCUT2D eigenvalue weighted by Crippen LogP contribution is -2.96. The molecule has 14 nitrogen and oxygen atoms in total. The van der Waals surface area contributed by atoms with Gasteiger partial charge in [0.2, 0.25) is 0 Å². The predicted molar refractivity (Wildman–Crippen MR) is 229 cm³/mol. The van der Waals surface area contributed by atoms with Crippen LogP contribution in [-0.4, -0.2) is 127 Å². The molecule has 0 aromatic heterocycles. The summed E-state index contributed by atoms with van der Waals surface area (Å²) in [7, 11) is 1.99. The number of hydrogen-bond acceptors (Lipinski definition) is 12. The van der Waals surface area contributed by atoms with Crippen LogP contribution >= 0.6 is 0 Å². The Bertz CT molecular complexity index is 1640. The zero-order valence-electron chi connectivity index (χ0n) is 37.6. The molecule has 14 heteroatoms. The zero-order valence-corrected chi connectivity index (χ0v) is 37.6. The van der Waals surface area contributed by atoms with Crippen LogP contribution in [0.15, 0.2) is 11.6 Å². The standard InChI is InChI=1S/C48H79N5O9/c1-4-23(11-13-51-3)47(59)61-37-19-33-43(58)41-36(57)18-28(21-54)60-45(41)42-39-31-12-14-52-46(50)40(31)30(10-6-24-5-8-27(56)17-32(24)34(39)22-55)29-9-7-25-16-38(49)53-20-26(25)15-35(29)48(37,2)62-44(33)42/h4,24-35,37-46,51-56,58H,5-22,49-50H2,1-3H3/p+2/t24?,25?,26?,27?,28?,29-,30?,31?,32?,33?,34+,35+,37-,38?,39?,40?,41?,42?,43?,44?,45?,46?,48-/m0/s1. The van der Waals surface area contributed by atoms with Crippen molar-refractivity contribution in [3.8, 4) is 0 Å². The number of piperidine rings is 2. The Labute approximate surface area is 368 Å². The molecular weight excluding hydrogens is 791 g/mol. The van der Waals surface area contributed by atoms with Gasteiger partial charge in [-0.3, -0.25) is 10.5 Å². The number of aliphatic hydroxyl groups is 4. The highest BCUT2D eigenvalue weighted by Crippen LogP contribution is 2.63. The normalized spacial score (nSPS) is 51.7. The highest BCUT2D eigenvalue weighted by Gasteiger charge is 2.68. The minimum atomic E-state index is -1.12. The number of aliphatic hydroxyl groups excluding tert-OH is 4. The number of ketones is 1. The van der Waals surface area contributed by atoms with E-state index in [2.05, 4.69) is 22.9 Å². The Kier molecular flexibility index (Phi) is 13.7. The number of carbonyl (C=O) groups is 2. The van der Waals surface area contributed by atoms with E-state index in [1.54, 1.807) is 0 Å². The third-order valence-corrected chi connectivity index (χ3v) is 19.3. The number of Topliss-reactive ketones (excluding diaryl/α,β-unsaturated/α-hetero) is 1. The van der Waals surface area contributed by atoms with Gasteiger partial charge in [-0.1, -0.05) is 6.08 Å². The van der Waals surface area contributed by atoms with Gasteiger partial charge in [0.25, 0.3) is 0 Å². The number of nitrogens with two attached hydrogens (primary N) is 4. The maximum Gasteiger partial charge on any atom is 0.334 e. The van der Waals surface area contributed by atoms with Crippen LogP contribution < -0.4 is 27.4 Å². The van der Waals surface area contributed by atoms with Crippen LogP contribution in [0.2, 0.25) is 0 Å². The van der Waals surface area contributed by atoms with Crippen molar-refractivity contribution in [2.45, 2.75) is 152 Å². The topological polar surface area (TPSA) is 240 Å². The first kappa shape index (κ1) is 45.6. The van der Waals surface area contributed by atoms with Crippen LogP contribution in [0.4, 0.5) is 0 Å². The van der Waals surface area contributed by atoms with Gasteiger partial charge in [-0.05, 0) is 144 Å². The van der Waals surface area contributed by atoms with Crippen LogP contribution in [0.25, 0.3) is 0 Å². The Morgan fingerprint density at radius 1 is 0.903 bits per heavy atom. The van der Waals surface area contributed by atoms with Crippen molar-refractivity contribution < 1.29 is 54.9 Å². The largest absolute Gasteiger partial charge is 0.456 e. The van der Waals surface area contributed by atoms with Crippen LogP contribution in [0.5, 0.6) is 0 Å². The molecular formula is C48H81N5O9+2. The molecule has 4 saturated carbocycles. The Hall–Kier alpha value is -1.56. The van der Waals surface area contributed by atoms with Gasteiger partial charge in [0, 0.05) is 49.2 Å². The molecule has 5 aliphatic heterocycles. The number of nitrogens with one attached hydrogen (secondary N) is 1. The van der Waals surface area contributed by atoms with Gasteiger partial charge in [-0.15, -0.1) is 0 Å². The molecule has 4 bridgehead atoms. The molecule has 0 aromatic carbocycles. The smallest absolute Gasteiger partial charge is 0.334 e. The summed E-state index contributed by atoms with van der Waals surface area (Å²) in [5.41, 5.74) is 13.8. The maximum absolute atomic E-state index is 14.5. The number of rotatable bonds is 7. The summed E-state index contributed by atoms with van der Waals surface area (Å²) in [6.45, 7) is 6.11. The van der Waals surface area contributed by atoms with Crippen molar-refractivity contribution in [2.24, 2.45) is 94.3 Å². The number of carbonyl (C=O) groups excluding carboxylic acids is 2. The number of hydrogen-bond donors (Lipinski definition) is 9. The maximum atomic E-state index is 14.5. The Balaban J connectivity index is 1.27. The molecule has 5 saturated heterocycles. The van der Waals surface area contributed by atoms with E-state index >= 15 is 0 Å². The molecule has 350 valence electrons. The summed E-state index contributed by atoms with van der Waals surface area (Å²) < 4.78 is 21.8. The second kappa shape index (κ2) is 18.6. The monoisotopic (exact) mass is 872 g/mol. The molecule has 62 heavy (non-hydrogen) atoms. The molecule has 18 unspecified atom stereocenters. The quantitative estimate of drug-likeness (QED) is 0.119. The lowest BCUT2D eigenvalue weighted by molar-refractivity contribution is -0.706. The summed E-state index contributed by atoms with van der Waals surface area (Å²) in [6.07, 6.45) is 7.19. The minimum Gasteiger partial charge on any atom is -0.456 e. The summed E-state index contributed by atoms with van der Waals surface area (Å²) in [6, 6.07) is 0. The van der Waals surface area contributed by atoms with Gasteiger partial charge in [0.15, 0.2) is 0 Å². The lowest BCUT2D eigenvalue weighted by atomic mass is 9.49. The fraction of sp³-hybridized carbons (Fsp3) is 0.917. The number of quaternary nitrogens is 2. The van der Waals surface area contributed by atoms with E-state index in [1.807, 2.05) is 20.0 Å². The summed E-state index contributed by atoms with van der Waals surface area (Å²) in [5, 5.41) is 54.8. The third-order valence-electron chi connectivity index (χ3n) is 19.3. The van der Waals surface area contributed by atoms with E-state index in [9.17, 15) is 30.0 Å². The van der Waals surface area contributed by atoms with Crippen molar-refractivity contribution in [1.82, 2.24) is 5.32 Å². The SMILES string of the molecule is CC=C(CC[NH2+]C)C(=O)O[C@H]1CC2C(O)C3C(=O)CC(CO)OC3C3C2O[C@@]1(C)[C@@H]1CC2C[NH2+]C(N)CC2CC[C@H]1C1CCC2CCC(O)CC2[C@@H](CO)C3C2CCNC(N)C21. The average Bonchev–Trinajstić information content (AvgIpc) is 3.41. The van der Waals surface area contributed by atoms with Crippen molar-refractivity contribution in [3.05, 3.63) is 11.6 Å². The third kappa shape index (κ3) is 7.98. The van der Waals surface area contributed by atoms with Gasteiger partial charge in [0.1, 0.15) is 23.7 Å². The second-order valence-corrected chi connectivity index (χ2v) is 22.0. The predicted octanol–water partition coefficient (Wildman–Crippen LogP) is -0.246. The summed E-state index contributed by atoms with van der Waals surface area (Å²) >= 11 is 0. The fourth-order valence-electron chi connectivity index (χ4n) is 16.5. The second-order valence-electron chi connectivity index (χ2n) is 22.0. The first-order valence-corrected chi connectivity index (χ1v) is 25.1. The fourth-order valence-corrected chi connectivity index (χ4v) is 16.5. The van der Waals surface area contributed by atoms with E-state index in [0.717, 1.165) is 77.4 Å². The van der Waals surface area contributed by atoms with E-state index in [0.29, 0.717) is 42.6 Å². The number of fused-ring (bicyclic) bond motifs is 9. The van der Waals surface area contributed by atoms with Gasteiger partial charge < -0.3 is 56.3 Å². The molecule has 0 spiro atoms. The van der Waals surface area contributed by atoms with Crippen LogP contribution in [0.1, 0.15) is 97.3 Å². The molecule has 13 N–H and O–H groups in total. The van der Waals surface area contributed by atoms with Crippen LogP contribution in [-0.2, 0) is 23.8 Å². The van der Waals surface area contributed by atoms with Gasteiger partial charge in [-0.25, -0.2) is 4.79 Å². The molecule has 0 amide bonds. The molecule has 9 rings (SSSR count). The number of allylic oxidation sites excluding steroid dienone is 1. The van der Waals surface area contributed by atoms with Crippen molar-refractivity contribution in [2.75, 3.05) is 39.9 Å². The average molecular weight is 872 g/mol. The van der Waals surface area contributed by atoms with Crippen LogP contribution in [0, 0.1) is 82.9 Å².